The van der Waals surface area contributed by atoms with E-state index in [1.165, 1.54) is 4.90 Å². The molecule has 1 unspecified atom stereocenters. The zero-order valence-corrected chi connectivity index (χ0v) is 24.6. The van der Waals surface area contributed by atoms with Gasteiger partial charge in [0.25, 0.3) is 0 Å². The number of rotatable bonds is 11. The molecule has 37 heavy (non-hydrogen) atoms. The topological polar surface area (TPSA) is 108 Å². The summed E-state index contributed by atoms with van der Waals surface area (Å²) in [6.07, 6.45) is -0.919. The molecule has 0 fully saturated rings. The minimum absolute atomic E-state index is 0.000569. The lowest BCUT2D eigenvalue weighted by Crippen LogP contribution is -2.55. The van der Waals surface area contributed by atoms with Crippen molar-refractivity contribution >= 4 is 17.9 Å². The first-order valence-electron chi connectivity index (χ1n) is 13.3. The SMILES string of the molecule is CC(C)C.CCC(=O)NC(C)C(=O)N[C@@H](Cc1ccccc1)[C@H](O)CN(CC(C)C)C(=O)OC(C)(C)C. The number of carbonyl (C=O) groups is 3. The van der Waals surface area contributed by atoms with Crippen LogP contribution in [0, 0.1) is 11.8 Å². The van der Waals surface area contributed by atoms with Crippen molar-refractivity contribution in [3.8, 4) is 0 Å². The van der Waals surface area contributed by atoms with E-state index in [9.17, 15) is 19.5 Å². The number of carbonyl (C=O) groups excluding carboxylic acids is 3. The molecule has 0 aliphatic carbocycles. The summed E-state index contributed by atoms with van der Waals surface area (Å²) < 4.78 is 5.52. The van der Waals surface area contributed by atoms with Crippen molar-refractivity contribution in [2.75, 3.05) is 13.1 Å². The van der Waals surface area contributed by atoms with Crippen LogP contribution in [0.4, 0.5) is 4.79 Å². The van der Waals surface area contributed by atoms with E-state index in [0.29, 0.717) is 13.0 Å². The fourth-order valence-electron chi connectivity index (χ4n) is 3.21. The highest BCUT2D eigenvalue weighted by Crippen LogP contribution is 2.14. The Morgan fingerprint density at radius 2 is 1.49 bits per heavy atom. The van der Waals surface area contributed by atoms with Gasteiger partial charge in [0.2, 0.25) is 11.8 Å². The van der Waals surface area contributed by atoms with Gasteiger partial charge in [-0.15, -0.1) is 0 Å². The van der Waals surface area contributed by atoms with Crippen molar-refractivity contribution in [3.63, 3.8) is 0 Å². The third-order valence-corrected chi connectivity index (χ3v) is 4.83. The van der Waals surface area contributed by atoms with Gasteiger partial charge < -0.3 is 25.4 Å². The lowest BCUT2D eigenvalue weighted by Gasteiger charge is -2.33. The number of ether oxygens (including phenoxy) is 1. The van der Waals surface area contributed by atoms with Gasteiger partial charge in [0.1, 0.15) is 11.6 Å². The quantitative estimate of drug-likeness (QED) is 0.396. The average molecular weight is 522 g/mol. The number of hydrogen-bond donors (Lipinski definition) is 3. The lowest BCUT2D eigenvalue weighted by molar-refractivity contribution is -0.129. The molecule has 0 bridgehead atoms. The first kappa shape index (κ1) is 34.4. The van der Waals surface area contributed by atoms with Gasteiger partial charge in [0, 0.05) is 13.0 Å². The third kappa shape index (κ3) is 16.7. The molecule has 1 aromatic rings. The van der Waals surface area contributed by atoms with Gasteiger partial charge in [-0.1, -0.05) is 71.9 Å². The highest BCUT2D eigenvalue weighted by molar-refractivity contribution is 5.87. The molecule has 1 aromatic carbocycles. The average Bonchev–Trinajstić information content (AvgIpc) is 2.76. The van der Waals surface area contributed by atoms with E-state index < -0.39 is 35.8 Å². The van der Waals surface area contributed by atoms with Gasteiger partial charge in [-0.2, -0.15) is 0 Å². The molecule has 8 heteroatoms. The highest BCUT2D eigenvalue weighted by Gasteiger charge is 2.30. The summed E-state index contributed by atoms with van der Waals surface area (Å²) in [5.41, 5.74) is 0.266. The minimum Gasteiger partial charge on any atom is -0.444 e. The van der Waals surface area contributed by atoms with E-state index in [-0.39, 0.29) is 24.8 Å². The molecule has 8 nitrogen and oxygen atoms in total. The number of benzene rings is 1. The molecule has 3 N–H and O–H groups in total. The highest BCUT2D eigenvalue weighted by atomic mass is 16.6. The molecule has 0 aliphatic heterocycles. The van der Waals surface area contributed by atoms with Crippen LogP contribution in [0.3, 0.4) is 0 Å². The maximum Gasteiger partial charge on any atom is 0.410 e. The molecule has 0 saturated heterocycles. The van der Waals surface area contributed by atoms with Crippen LogP contribution < -0.4 is 10.6 Å². The molecule has 1 rings (SSSR count). The Hall–Kier alpha value is -2.61. The first-order chi connectivity index (χ1) is 17.0. The Morgan fingerprint density at radius 1 is 0.946 bits per heavy atom. The predicted octanol–water partition coefficient (Wildman–Crippen LogP) is 4.54. The Bertz CT molecular complexity index is 803. The summed E-state index contributed by atoms with van der Waals surface area (Å²) in [6, 6.07) is 8.07. The van der Waals surface area contributed by atoms with Crippen LogP contribution in [0.1, 0.15) is 81.2 Å². The van der Waals surface area contributed by atoms with Gasteiger partial charge in [0.15, 0.2) is 0 Å². The van der Waals surface area contributed by atoms with Crippen LogP contribution >= 0.6 is 0 Å². The lowest BCUT2D eigenvalue weighted by atomic mass is 10.00. The van der Waals surface area contributed by atoms with Crippen molar-refractivity contribution < 1.29 is 24.2 Å². The van der Waals surface area contributed by atoms with Gasteiger partial charge >= 0.3 is 6.09 Å². The molecule has 0 radical (unpaired) electrons. The smallest absolute Gasteiger partial charge is 0.410 e. The van der Waals surface area contributed by atoms with Gasteiger partial charge in [-0.3, -0.25) is 9.59 Å². The van der Waals surface area contributed by atoms with Crippen LogP contribution in [-0.2, 0) is 20.7 Å². The van der Waals surface area contributed by atoms with Crippen LogP contribution in [0.25, 0.3) is 0 Å². The fraction of sp³-hybridized carbons (Fsp3) is 0.690. The fourth-order valence-corrected chi connectivity index (χ4v) is 3.21. The minimum atomic E-state index is -1.05. The molecule has 212 valence electrons. The number of nitrogens with one attached hydrogen (secondary N) is 2. The number of nitrogens with zero attached hydrogens (tertiary/aromatic N) is 1. The van der Waals surface area contributed by atoms with Crippen molar-refractivity contribution in [2.24, 2.45) is 11.8 Å². The van der Waals surface area contributed by atoms with Crippen LogP contribution in [-0.4, -0.2) is 64.8 Å². The Kier molecular flexibility index (Phi) is 15.8. The van der Waals surface area contributed by atoms with E-state index in [4.69, 9.17) is 4.74 Å². The van der Waals surface area contributed by atoms with Gasteiger partial charge in [-0.25, -0.2) is 4.79 Å². The number of amides is 3. The summed E-state index contributed by atoms with van der Waals surface area (Å²) in [6.45, 7) is 19.5. The van der Waals surface area contributed by atoms with Crippen molar-refractivity contribution in [1.29, 1.82) is 0 Å². The van der Waals surface area contributed by atoms with E-state index in [1.54, 1.807) is 34.6 Å². The summed E-state index contributed by atoms with van der Waals surface area (Å²) in [5, 5.41) is 16.6. The number of aliphatic hydroxyl groups is 1. The van der Waals surface area contributed by atoms with Crippen LogP contribution in [0.5, 0.6) is 0 Å². The van der Waals surface area contributed by atoms with E-state index in [0.717, 1.165) is 11.5 Å². The zero-order chi connectivity index (χ0) is 28.8. The Labute approximate surface area is 224 Å². The molecular formula is C29H51N3O5. The van der Waals surface area contributed by atoms with Gasteiger partial charge in [0.05, 0.1) is 18.7 Å². The monoisotopic (exact) mass is 521 g/mol. The second kappa shape index (κ2) is 17.0. The molecule has 3 amide bonds. The molecule has 0 spiro atoms. The van der Waals surface area contributed by atoms with Crippen molar-refractivity contribution in [1.82, 2.24) is 15.5 Å². The molecule has 0 aliphatic rings. The molecule has 0 heterocycles. The largest absolute Gasteiger partial charge is 0.444 e. The number of aliphatic hydroxyl groups excluding tert-OH is 1. The summed E-state index contributed by atoms with van der Waals surface area (Å²) >= 11 is 0. The second-order valence-electron chi connectivity index (χ2n) is 11.5. The molecule has 3 atom stereocenters. The third-order valence-electron chi connectivity index (χ3n) is 4.83. The van der Waals surface area contributed by atoms with Crippen molar-refractivity contribution in [3.05, 3.63) is 35.9 Å². The second-order valence-corrected chi connectivity index (χ2v) is 11.5. The molecule has 0 saturated carbocycles. The zero-order valence-electron chi connectivity index (χ0n) is 24.6. The molecule has 0 aromatic heterocycles. The van der Waals surface area contributed by atoms with E-state index in [1.807, 2.05) is 44.2 Å². The summed E-state index contributed by atoms with van der Waals surface area (Å²) in [7, 11) is 0. The van der Waals surface area contributed by atoms with Crippen LogP contribution in [0.15, 0.2) is 30.3 Å². The summed E-state index contributed by atoms with van der Waals surface area (Å²) in [4.78, 5) is 38.7. The number of hydrogen-bond acceptors (Lipinski definition) is 5. The van der Waals surface area contributed by atoms with E-state index >= 15 is 0 Å². The Morgan fingerprint density at radius 3 is 1.95 bits per heavy atom. The van der Waals surface area contributed by atoms with Gasteiger partial charge in [-0.05, 0) is 51.5 Å². The predicted molar refractivity (Wildman–Crippen MR) is 149 cm³/mol. The maximum absolute atomic E-state index is 12.8. The summed E-state index contributed by atoms with van der Waals surface area (Å²) in [5.74, 6) is 0.367. The normalized spacial score (nSPS) is 13.6. The maximum atomic E-state index is 12.8. The standard InChI is InChI=1S/C25H41N3O5.C4H10/c1-8-22(30)26-18(4)23(31)27-20(14-19-12-10-9-11-13-19)21(29)16-28(15-17(2)3)24(32)33-25(5,6)7;1-4(2)3/h9-13,17-18,20-21,29H,8,14-16H2,1-7H3,(H,26,30)(H,27,31);4H,1-3H3/t18?,20-,21+;/m0./s1. The van der Waals surface area contributed by atoms with Crippen LogP contribution in [0.2, 0.25) is 0 Å². The Balaban J connectivity index is 0.00000300. The first-order valence-corrected chi connectivity index (χ1v) is 13.3. The molecular weight excluding hydrogens is 470 g/mol. The van der Waals surface area contributed by atoms with E-state index in [2.05, 4.69) is 31.4 Å². The van der Waals surface area contributed by atoms with Crippen molar-refractivity contribution in [2.45, 2.75) is 106 Å².